The molecular formula is C14H21Cl3N2O2. The second-order valence-electron chi connectivity index (χ2n) is 4.57. The molecule has 1 aromatic carbocycles. The molecule has 4 nitrogen and oxygen atoms in total. The van der Waals surface area contributed by atoms with Crippen LogP contribution in [0.15, 0.2) is 18.2 Å². The molecule has 0 aliphatic rings. The molecule has 2 N–H and O–H groups in total. The zero-order valence-electron chi connectivity index (χ0n) is 12.3. The van der Waals surface area contributed by atoms with Gasteiger partial charge in [0.1, 0.15) is 5.75 Å². The van der Waals surface area contributed by atoms with E-state index in [1.54, 1.807) is 25.1 Å². The first-order valence-electron chi connectivity index (χ1n) is 6.56. The summed E-state index contributed by atoms with van der Waals surface area (Å²) in [6, 6.07) is 5.08. The van der Waals surface area contributed by atoms with Gasteiger partial charge in [-0.15, -0.1) is 12.4 Å². The molecule has 1 aromatic rings. The third-order valence-electron chi connectivity index (χ3n) is 2.65. The topological polar surface area (TPSA) is 50.4 Å². The highest BCUT2D eigenvalue weighted by Crippen LogP contribution is 2.24. The number of nitrogens with one attached hydrogen (secondary N) is 2. The minimum absolute atomic E-state index is 0. The van der Waals surface area contributed by atoms with Crippen LogP contribution in [0.5, 0.6) is 5.75 Å². The van der Waals surface area contributed by atoms with Gasteiger partial charge >= 0.3 is 0 Å². The number of carbonyl (C=O) groups excluding carboxylic acids is 1. The first kappa shape index (κ1) is 20.3. The lowest BCUT2D eigenvalue weighted by Gasteiger charge is -2.17. The van der Waals surface area contributed by atoms with E-state index in [9.17, 15) is 4.79 Å². The molecule has 0 heterocycles. The van der Waals surface area contributed by atoms with Crippen molar-refractivity contribution in [2.45, 2.75) is 32.9 Å². The van der Waals surface area contributed by atoms with Gasteiger partial charge in [-0.2, -0.15) is 0 Å². The molecule has 0 spiro atoms. The molecule has 7 heteroatoms. The number of rotatable bonds is 7. The number of amides is 1. The Morgan fingerprint density at radius 1 is 1.24 bits per heavy atom. The van der Waals surface area contributed by atoms with Crippen LogP contribution < -0.4 is 15.4 Å². The van der Waals surface area contributed by atoms with E-state index in [-0.39, 0.29) is 24.4 Å². The van der Waals surface area contributed by atoms with Gasteiger partial charge in [0.15, 0.2) is 6.10 Å². The van der Waals surface area contributed by atoms with Crippen molar-refractivity contribution < 1.29 is 9.53 Å². The lowest BCUT2D eigenvalue weighted by atomic mass is 10.3. The van der Waals surface area contributed by atoms with Crippen LogP contribution in [0.1, 0.15) is 20.8 Å². The average molecular weight is 356 g/mol. The number of carbonyl (C=O) groups is 1. The van der Waals surface area contributed by atoms with E-state index in [1.807, 2.05) is 13.8 Å². The van der Waals surface area contributed by atoms with E-state index >= 15 is 0 Å². The van der Waals surface area contributed by atoms with Crippen LogP contribution >= 0.6 is 35.6 Å². The Labute approximate surface area is 141 Å². The zero-order valence-corrected chi connectivity index (χ0v) is 14.6. The summed E-state index contributed by atoms with van der Waals surface area (Å²) in [5, 5.41) is 6.98. The maximum atomic E-state index is 11.9. The Morgan fingerprint density at radius 2 is 1.81 bits per heavy atom. The van der Waals surface area contributed by atoms with Crippen LogP contribution in [0.25, 0.3) is 0 Å². The van der Waals surface area contributed by atoms with Crippen molar-refractivity contribution in [3.8, 4) is 5.75 Å². The largest absolute Gasteiger partial charge is 0.481 e. The van der Waals surface area contributed by atoms with Crippen molar-refractivity contribution in [1.82, 2.24) is 10.6 Å². The second-order valence-corrected chi connectivity index (χ2v) is 5.44. The maximum absolute atomic E-state index is 11.9. The Morgan fingerprint density at radius 3 is 2.33 bits per heavy atom. The standard InChI is InChI=1S/C14H20Cl2N2O2.ClH/c1-4-17-9(2)8-18-14(19)10(3)20-13-6-11(15)5-12(16)7-13;/h5-7,9-10,17H,4,8H2,1-3H3,(H,18,19);1H/t9-,10?;/m1./s1. The van der Waals surface area contributed by atoms with Gasteiger partial charge < -0.3 is 15.4 Å². The molecular weight excluding hydrogens is 335 g/mol. The number of halogens is 3. The van der Waals surface area contributed by atoms with Gasteiger partial charge in [0.25, 0.3) is 5.91 Å². The summed E-state index contributed by atoms with van der Waals surface area (Å²) in [5.74, 6) is 0.302. The summed E-state index contributed by atoms with van der Waals surface area (Å²) in [5.41, 5.74) is 0. The lowest BCUT2D eigenvalue weighted by Crippen LogP contribution is -2.43. The first-order valence-corrected chi connectivity index (χ1v) is 7.31. The Hall–Kier alpha value is -0.680. The van der Waals surface area contributed by atoms with Crippen molar-refractivity contribution in [2.24, 2.45) is 0 Å². The highest BCUT2D eigenvalue weighted by molar-refractivity contribution is 6.34. The van der Waals surface area contributed by atoms with Gasteiger partial charge in [0.2, 0.25) is 0 Å². The molecule has 2 atom stereocenters. The third-order valence-corrected chi connectivity index (χ3v) is 3.09. The number of benzene rings is 1. The monoisotopic (exact) mass is 354 g/mol. The zero-order chi connectivity index (χ0) is 15.1. The minimum Gasteiger partial charge on any atom is -0.481 e. The quantitative estimate of drug-likeness (QED) is 0.789. The van der Waals surface area contributed by atoms with Gasteiger partial charge in [-0.3, -0.25) is 4.79 Å². The summed E-state index contributed by atoms with van der Waals surface area (Å²) >= 11 is 11.8. The normalized spacial score (nSPS) is 13.0. The molecule has 0 bridgehead atoms. The fourth-order valence-electron chi connectivity index (χ4n) is 1.67. The molecule has 0 radical (unpaired) electrons. The van der Waals surface area contributed by atoms with E-state index in [0.717, 1.165) is 6.54 Å². The Bertz CT molecular complexity index is 438. The number of hydrogen-bond acceptors (Lipinski definition) is 3. The minimum atomic E-state index is -0.613. The molecule has 1 rings (SSSR count). The second kappa shape index (κ2) is 10.1. The highest BCUT2D eigenvalue weighted by atomic mass is 35.5. The summed E-state index contributed by atoms with van der Waals surface area (Å²) in [6.07, 6.45) is -0.613. The van der Waals surface area contributed by atoms with E-state index in [2.05, 4.69) is 10.6 Å². The first-order chi connectivity index (χ1) is 9.42. The van der Waals surface area contributed by atoms with E-state index < -0.39 is 6.10 Å². The SMILES string of the molecule is CCN[C@H](C)CNC(=O)C(C)Oc1cc(Cl)cc(Cl)c1.Cl. The van der Waals surface area contributed by atoms with Gasteiger partial charge in [0, 0.05) is 22.6 Å². The number of hydrogen-bond donors (Lipinski definition) is 2. The predicted octanol–water partition coefficient (Wildman–Crippen LogP) is 3.30. The van der Waals surface area contributed by atoms with Crippen molar-refractivity contribution in [3.63, 3.8) is 0 Å². The molecule has 0 saturated carbocycles. The molecule has 120 valence electrons. The molecule has 0 aliphatic heterocycles. The third kappa shape index (κ3) is 7.77. The van der Waals surface area contributed by atoms with E-state index in [1.165, 1.54) is 0 Å². The summed E-state index contributed by atoms with van der Waals surface area (Å²) in [7, 11) is 0. The van der Waals surface area contributed by atoms with Crippen LogP contribution in [0.2, 0.25) is 10.0 Å². The average Bonchev–Trinajstić information content (AvgIpc) is 2.34. The molecule has 1 amide bonds. The van der Waals surface area contributed by atoms with Gasteiger partial charge in [-0.25, -0.2) is 0 Å². The molecule has 0 fully saturated rings. The van der Waals surface area contributed by atoms with E-state index in [0.29, 0.717) is 22.3 Å². The summed E-state index contributed by atoms with van der Waals surface area (Å²) in [4.78, 5) is 11.9. The van der Waals surface area contributed by atoms with Gasteiger partial charge in [0.05, 0.1) is 0 Å². The highest BCUT2D eigenvalue weighted by Gasteiger charge is 2.15. The summed E-state index contributed by atoms with van der Waals surface area (Å²) in [6.45, 7) is 7.13. The maximum Gasteiger partial charge on any atom is 0.260 e. The molecule has 0 saturated heterocycles. The fourth-order valence-corrected chi connectivity index (χ4v) is 2.18. The van der Waals surface area contributed by atoms with Crippen molar-refractivity contribution in [2.75, 3.05) is 13.1 Å². The van der Waals surface area contributed by atoms with Crippen LogP contribution in [0.4, 0.5) is 0 Å². The van der Waals surface area contributed by atoms with E-state index in [4.69, 9.17) is 27.9 Å². The van der Waals surface area contributed by atoms with Gasteiger partial charge in [-0.1, -0.05) is 30.1 Å². The smallest absolute Gasteiger partial charge is 0.260 e. The van der Waals surface area contributed by atoms with Crippen molar-refractivity contribution in [3.05, 3.63) is 28.2 Å². The molecule has 0 aromatic heterocycles. The van der Waals surface area contributed by atoms with Crippen molar-refractivity contribution in [1.29, 1.82) is 0 Å². The van der Waals surface area contributed by atoms with Crippen LogP contribution in [0.3, 0.4) is 0 Å². The fraction of sp³-hybridized carbons (Fsp3) is 0.500. The molecule has 21 heavy (non-hydrogen) atoms. The molecule has 1 unspecified atom stereocenters. The van der Waals surface area contributed by atoms with Crippen LogP contribution in [-0.2, 0) is 4.79 Å². The lowest BCUT2D eigenvalue weighted by molar-refractivity contribution is -0.127. The number of ether oxygens (including phenoxy) is 1. The predicted molar refractivity (Wildman–Crippen MR) is 89.9 cm³/mol. The Balaban J connectivity index is 0.00000400. The molecule has 0 aliphatic carbocycles. The Kier molecular flexibility index (Phi) is 9.79. The van der Waals surface area contributed by atoms with Gasteiger partial charge in [-0.05, 0) is 38.6 Å². The van der Waals surface area contributed by atoms with Crippen molar-refractivity contribution >= 4 is 41.5 Å². The van der Waals surface area contributed by atoms with Crippen LogP contribution in [0, 0.1) is 0 Å². The van der Waals surface area contributed by atoms with Crippen LogP contribution in [-0.4, -0.2) is 31.1 Å². The summed E-state index contributed by atoms with van der Waals surface area (Å²) < 4.78 is 5.53. The number of likely N-dealkylation sites (N-methyl/N-ethyl adjacent to an activating group) is 1.